The molecule has 1 unspecified atom stereocenters. The summed E-state index contributed by atoms with van der Waals surface area (Å²) in [5, 5.41) is 17.6. The third-order valence-electron chi connectivity index (χ3n) is 1.65. The van der Waals surface area contributed by atoms with Crippen LogP contribution in [-0.4, -0.2) is 21.9 Å². The van der Waals surface area contributed by atoms with Gasteiger partial charge in [0.25, 0.3) is 0 Å². The summed E-state index contributed by atoms with van der Waals surface area (Å²) in [4.78, 5) is 10.2. The third kappa shape index (κ3) is 3.23. The molecule has 0 aromatic carbocycles. The summed E-state index contributed by atoms with van der Waals surface area (Å²) in [6.07, 6.45) is 7.49. The van der Waals surface area contributed by atoms with Gasteiger partial charge in [-0.2, -0.15) is 0 Å². The van der Waals surface area contributed by atoms with Crippen LogP contribution in [0.1, 0.15) is 6.42 Å². The Kier molecular flexibility index (Phi) is 2.65. The molecule has 0 saturated heterocycles. The van der Waals surface area contributed by atoms with E-state index in [4.69, 9.17) is 10.8 Å². The van der Waals surface area contributed by atoms with Crippen molar-refractivity contribution in [3.8, 4) is 0 Å². The van der Waals surface area contributed by atoms with Crippen molar-refractivity contribution in [1.29, 1.82) is 0 Å². The number of rotatable bonds is 2. The van der Waals surface area contributed by atoms with E-state index in [1.165, 1.54) is 12.2 Å². The van der Waals surface area contributed by atoms with Gasteiger partial charge in [0.05, 0.1) is 0 Å². The van der Waals surface area contributed by atoms with Crippen LogP contribution in [0.2, 0.25) is 0 Å². The molecule has 4 heteroatoms. The molecule has 1 rings (SSSR count). The topological polar surface area (TPSA) is 83.5 Å². The van der Waals surface area contributed by atoms with Crippen molar-refractivity contribution in [2.45, 2.75) is 12.1 Å². The highest BCUT2D eigenvalue weighted by molar-refractivity contribution is 5.80. The van der Waals surface area contributed by atoms with Crippen LogP contribution in [0.25, 0.3) is 0 Å². The molecule has 4 nitrogen and oxygen atoms in total. The number of carboxylic acids is 1. The molecule has 0 spiro atoms. The molecule has 1 aliphatic rings. The fourth-order valence-corrected chi connectivity index (χ4v) is 0.949. The van der Waals surface area contributed by atoms with Crippen LogP contribution >= 0.6 is 0 Å². The third-order valence-corrected chi connectivity index (χ3v) is 1.65. The molecule has 0 aromatic heterocycles. The minimum atomic E-state index is -1.29. The lowest BCUT2D eigenvalue weighted by molar-refractivity contribution is -0.131. The summed E-state index contributed by atoms with van der Waals surface area (Å²) in [6.45, 7) is 0. The number of carboxylic acid groups (broad SMARTS) is 1. The van der Waals surface area contributed by atoms with Gasteiger partial charge in [-0.3, -0.25) is 0 Å². The molecule has 13 heavy (non-hydrogen) atoms. The van der Waals surface area contributed by atoms with Gasteiger partial charge in [0.15, 0.2) is 0 Å². The SMILES string of the molecule is NC1(O)C=CC(/C=C/C(=O)O)=CC1. The first kappa shape index (κ1) is 9.70. The molecular weight excluding hydrogens is 170 g/mol. The summed E-state index contributed by atoms with van der Waals surface area (Å²) in [5.41, 5.74) is 4.82. The Morgan fingerprint density at radius 3 is 2.85 bits per heavy atom. The van der Waals surface area contributed by atoms with E-state index in [2.05, 4.69) is 0 Å². The van der Waals surface area contributed by atoms with Crippen LogP contribution < -0.4 is 5.73 Å². The van der Waals surface area contributed by atoms with E-state index in [1.807, 2.05) is 0 Å². The molecule has 0 aromatic rings. The maximum atomic E-state index is 10.2. The zero-order chi connectivity index (χ0) is 9.90. The zero-order valence-corrected chi connectivity index (χ0v) is 6.97. The largest absolute Gasteiger partial charge is 0.478 e. The van der Waals surface area contributed by atoms with Gasteiger partial charge in [-0.15, -0.1) is 0 Å². The van der Waals surface area contributed by atoms with Crippen molar-refractivity contribution in [3.63, 3.8) is 0 Å². The molecule has 1 aliphatic carbocycles. The van der Waals surface area contributed by atoms with Crippen molar-refractivity contribution in [2.75, 3.05) is 0 Å². The minimum absolute atomic E-state index is 0.294. The van der Waals surface area contributed by atoms with Gasteiger partial charge in [-0.1, -0.05) is 12.2 Å². The number of hydrogen-bond donors (Lipinski definition) is 3. The van der Waals surface area contributed by atoms with Crippen LogP contribution in [0, 0.1) is 0 Å². The maximum absolute atomic E-state index is 10.2. The van der Waals surface area contributed by atoms with Crippen molar-refractivity contribution in [2.24, 2.45) is 5.73 Å². The van der Waals surface area contributed by atoms with Crippen LogP contribution in [0.4, 0.5) is 0 Å². The average molecular weight is 181 g/mol. The molecule has 0 bridgehead atoms. The van der Waals surface area contributed by atoms with E-state index < -0.39 is 11.7 Å². The van der Waals surface area contributed by atoms with E-state index in [0.29, 0.717) is 6.42 Å². The van der Waals surface area contributed by atoms with Gasteiger partial charge in [0.2, 0.25) is 0 Å². The molecular formula is C9H11NO3. The maximum Gasteiger partial charge on any atom is 0.328 e. The highest BCUT2D eigenvalue weighted by Crippen LogP contribution is 2.16. The van der Waals surface area contributed by atoms with E-state index in [1.54, 1.807) is 12.2 Å². The summed E-state index contributed by atoms with van der Waals surface area (Å²) in [7, 11) is 0. The first-order valence-electron chi connectivity index (χ1n) is 3.81. The average Bonchev–Trinajstić information content (AvgIpc) is 2.02. The zero-order valence-electron chi connectivity index (χ0n) is 6.97. The summed E-state index contributed by atoms with van der Waals surface area (Å²) >= 11 is 0. The molecule has 0 fully saturated rings. The number of aliphatic hydroxyl groups is 1. The molecule has 1 atom stereocenters. The number of carbonyl (C=O) groups is 1. The van der Waals surface area contributed by atoms with Gasteiger partial charge in [-0.25, -0.2) is 4.79 Å². The number of nitrogens with two attached hydrogens (primary N) is 1. The Morgan fingerprint density at radius 2 is 2.38 bits per heavy atom. The van der Waals surface area contributed by atoms with Gasteiger partial charge < -0.3 is 15.9 Å². The minimum Gasteiger partial charge on any atom is -0.478 e. The van der Waals surface area contributed by atoms with Crippen LogP contribution in [-0.2, 0) is 4.79 Å². The van der Waals surface area contributed by atoms with E-state index >= 15 is 0 Å². The van der Waals surface area contributed by atoms with E-state index in [-0.39, 0.29) is 0 Å². The lowest BCUT2D eigenvalue weighted by atomic mass is 10.0. The lowest BCUT2D eigenvalue weighted by Crippen LogP contribution is -2.37. The summed E-state index contributed by atoms with van der Waals surface area (Å²) in [6, 6.07) is 0. The summed E-state index contributed by atoms with van der Waals surface area (Å²) < 4.78 is 0. The molecule has 0 saturated carbocycles. The van der Waals surface area contributed by atoms with Crippen molar-refractivity contribution in [1.82, 2.24) is 0 Å². The number of aliphatic carboxylic acids is 1. The monoisotopic (exact) mass is 181 g/mol. The number of allylic oxidation sites excluding steroid dienone is 3. The smallest absolute Gasteiger partial charge is 0.328 e. The Balaban J connectivity index is 2.63. The quantitative estimate of drug-likeness (QED) is 0.418. The molecule has 0 radical (unpaired) electrons. The highest BCUT2D eigenvalue weighted by atomic mass is 16.4. The van der Waals surface area contributed by atoms with Gasteiger partial charge in [-0.05, 0) is 17.7 Å². The first-order chi connectivity index (χ1) is 5.99. The Bertz CT molecular complexity index is 300. The van der Waals surface area contributed by atoms with Crippen LogP contribution in [0.15, 0.2) is 36.0 Å². The van der Waals surface area contributed by atoms with Gasteiger partial charge in [0, 0.05) is 12.5 Å². The van der Waals surface area contributed by atoms with Crippen LogP contribution in [0.3, 0.4) is 0 Å². The predicted octanol–water partition coefficient (Wildman–Crippen LogP) is 0.161. The number of hydrogen-bond acceptors (Lipinski definition) is 3. The normalized spacial score (nSPS) is 27.7. The molecule has 70 valence electrons. The fourth-order valence-electron chi connectivity index (χ4n) is 0.949. The van der Waals surface area contributed by atoms with Gasteiger partial charge in [0.1, 0.15) is 5.72 Å². The standard InChI is InChI=1S/C9H11NO3/c10-9(13)5-3-7(4-6-9)1-2-8(11)12/h1-5,13H,6,10H2,(H,11,12)/b2-1+. The second-order valence-electron chi connectivity index (χ2n) is 2.90. The second-order valence-corrected chi connectivity index (χ2v) is 2.90. The van der Waals surface area contributed by atoms with Gasteiger partial charge >= 0.3 is 5.97 Å². The first-order valence-corrected chi connectivity index (χ1v) is 3.81. The lowest BCUT2D eigenvalue weighted by Gasteiger charge is -2.20. The van der Waals surface area contributed by atoms with E-state index in [0.717, 1.165) is 11.6 Å². The Hall–Kier alpha value is -1.39. The fraction of sp³-hybridized carbons (Fsp3) is 0.222. The molecule has 4 N–H and O–H groups in total. The predicted molar refractivity (Wildman–Crippen MR) is 47.8 cm³/mol. The Morgan fingerprint density at radius 1 is 1.69 bits per heavy atom. The Labute approximate surface area is 75.7 Å². The molecule has 0 heterocycles. The van der Waals surface area contributed by atoms with Crippen molar-refractivity contribution < 1.29 is 15.0 Å². The van der Waals surface area contributed by atoms with Crippen molar-refractivity contribution in [3.05, 3.63) is 36.0 Å². The highest BCUT2D eigenvalue weighted by Gasteiger charge is 2.17. The summed E-state index contributed by atoms with van der Waals surface area (Å²) in [5.74, 6) is -0.997. The molecule has 0 aliphatic heterocycles. The van der Waals surface area contributed by atoms with E-state index in [9.17, 15) is 9.90 Å². The van der Waals surface area contributed by atoms with Crippen LogP contribution in [0.5, 0.6) is 0 Å². The molecule has 0 amide bonds. The second kappa shape index (κ2) is 3.55. The van der Waals surface area contributed by atoms with Crippen molar-refractivity contribution >= 4 is 5.97 Å².